The molecule has 0 aliphatic heterocycles. The van der Waals surface area contributed by atoms with Crippen LogP contribution in [0.5, 0.6) is 0 Å². The van der Waals surface area contributed by atoms with E-state index in [-0.39, 0.29) is 5.91 Å². The standard InChI is InChI=1S/C14H12N2O/c17-14(13-7-9-15-10-8-13)16-11-6-12-4-2-1-3-5-12/h1-11H,(H,16,17). The number of amides is 1. The number of pyridine rings is 1. The molecule has 1 N–H and O–H groups in total. The van der Waals surface area contributed by atoms with E-state index in [0.29, 0.717) is 5.56 Å². The van der Waals surface area contributed by atoms with Crippen molar-refractivity contribution < 1.29 is 4.79 Å². The molecule has 0 saturated carbocycles. The van der Waals surface area contributed by atoms with Crippen LogP contribution in [0.2, 0.25) is 0 Å². The fraction of sp³-hybridized carbons (Fsp3) is 0. The van der Waals surface area contributed by atoms with Gasteiger partial charge in [0.05, 0.1) is 0 Å². The third-order valence-corrected chi connectivity index (χ3v) is 2.23. The van der Waals surface area contributed by atoms with E-state index in [2.05, 4.69) is 10.3 Å². The molecule has 1 aromatic carbocycles. The van der Waals surface area contributed by atoms with Crippen LogP contribution in [-0.4, -0.2) is 10.9 Å². The Balaban J connectivity index is 1.95. The summed E-state index contributed by atoms with van der Waals surface area (Å²) in [5.41, 5.74) is 1.64. The summed E-state index contributed by atoms with van der Waals surface area (Å²) in [7, 11) is 0. The maximum Gasteiger partial charge on any atom is 0.255 e. The van der Waals surface area contributed by atoms with Crippen LogP contribution in [0.3, 0.4) is 0 Å². The highest BCUT2D eigenvalue weighted by Gasteiger charge is 2.00. The summed E-state index contributed by atoms with van der Waals surface area (Å²) < 4.78 is 0. The molecule has 3 nitrogen and oxygen atoms in total. The summed E-state index contributed by atoms with van der Waals surface area (Å²) in [6.45, 7) is 0. The summed E-state index contributed by atoms with van der Waals surface area (Å²) in [5, 5.41) is 2.70. The second kappa shape index (κ2) is 5.61. The van der Waals surface area contributed by atoms with Gasteiger partial charge in [-0.05, 0) is 23.8 Å². The molecule has 2 aromatic rings. The molecule has 0 radical (unpaired) electrons. The number of aromatic nitrogens is 1. The molecule has 2 rings (SSSR count). The molecule has 1 aromatic heterocycles. The predicted molar refractivity (Wildman–Crippen MR) is 67.2 cm³/mol. The highest BCUT2D eigenvalue weighted by molar-refractivity contribution is 5.94. The second-order valence-corrected chi connectivity index (χ2v) is 3.45. The monoisotopic (exact) mass is 224 g/mol. The zero-order valence-electron chi connectivity index (χ0n) is 9.21. The van der Waals surface area contributed by atoms with Crippen molar-refractivity contribution in [3.8, 4) is 0 Å². The van der Waals surface area contributed by atoms with Gasteiger partial charge in [-0.2, -0.15) is 0 Å². The fourth-order valence-electron chi connectivity index (χ4n) is 1.36. The van der Waals surface area contributed by atoms with Crippen LogP contribution < -0.4 is 5.32 Å². The van der Waals surface area contributed by atoms with Gasteiger partial charge in [-0.1, -0.05) is 30.3 Å². The molecule has 3 heteroatoms. The molecule has 17 heavy (non-hydrogen) atoms. The number of nitrogens with zero attached hydrogens (tertiary/aromatic N) is 1. The van der Waals surface area contributed by atoms with E-state index < -0.39 is 0 Å². The number of carbonyl (C=O) groups excluding carboxylic acids is 1. The van der Waals surface area contributed by atoms with E-state index in [9.17, 15) is 4.79 Å². The molecule has 0 bridgehead atoms. The van der Waals surface area contributed by atoms with Crippen molar-refractivity contribution in [3.63, 3.8) is 0 Å². The van der Waals surface area contributed by atoms with Crippen LogP contribution >= 0.6 is 0 Å². The zero-order valence-corrected chi connectivity index (χ0v) is 9.21. The number of rotatable bonds is 3. The second-order valence-electron chi connectivity index (χ2n) is 3.45. The Labute approximate surface area is 99.8 Å². The maximum absolute atomic E-state index is 11.6. The first-order valence-electron chi connectivity index (χ1n) is 5.29. The van der Waals surface area contributed by atoms with Gasteiger partial charge in [-0.3, -0.25) is 9.78 Å². The summed E-state index contributed by atoms with van der Waals surface area (Å²) >= 11 is 0. The Morgan fingerprint density at radius 3 is 2.47 bits per heavy atom. The molecule has 0 atom stereocenters. The van der Waals surface area contributed by atoms with E-state index in [1.807, 2.05) is 36.4 Å². The number of nitrogens with one attached hydrogen (secondary N) is 1. The van der Waals surface area contributed by atoms with Crippen molar-refractivity contribution in [1.29, 1.82) is 0 Å². The van der Waals surface area contributed by atoms with Crippen LogP contribution in [0.1, 0.15) is 15.9 Å². The summed E-state index contributed by atoms with van der Waals surface area (Å²) in [5.74, 6) is -0.139. The lowest BCUT2D eigenvalue weighted by Crippen LogP contribution is -2.16. The van der Waals surface area contributed by atoms with Crippen molar-refractivity contribution in [1.82, 2.24) is 10.3 Å². The lowest BCUT2D eigenvalue weighted by atomic mass is 10.2. The summed E-state index contributed by atoms with van der Waals surface area (Å²) in [6.07, 6.45) is 6.67. The van der Waals surface area contributed by atoms with Crippen molar-refractivity contribution in [2.45, 2.75) is 0 Å². The van der Waals surface area contributed by atoms with E-state index in [1.165, 1.54) is 0 Å². The minimum absolute atomic E-state index is 0.139. The van der Waals surface area contributed by atoms with Gasteiger partial charge in [-0.25, -0.2) is 0 Å². The van der Waals surface area contributed by atoms with Crippen molar-refractivity contribution >= 4 is 12.0 Å². The van der Waals surface area contributed by atoms with Crippen molar-refractivity contribution in [2.75, 3.05) is 0 Å². The molecular weight excluding hydrogens is 212 g/mol. The maximum atomic E-state index is 11.6. The van der Waals surface area contributed by atoms with Crippen LogP contribution in [0.15, 0.2) is 61.1 Å². The summed E-state index contributed by atoms with van der Waals surface area (Å²) in [6, 6.07) is 13.1. The third kappa shape index (κ3) is 3.28. The Hall–Kier alpha value is -2.42. The zero-order chi connectivity index (χ0) is 11.9. The lowest BCUT2D eigenvalue weighted by molar-refractivity contribution is 0.0970. The van der Waals surface area contributed by atoms with Crippen LogP contribution in [0, 0.1) is 0 Å². The largest absolute Gasteiger partial charge is 0.329 e. The third-order valence-electron chi connectivity index (χ3n) is 2.23. The molecule has 0 fully saturated rings. The molecule has 0 spiro atoms. The fourth-order valence-corrected chi connectivity index (χ4v) is 1.36. The Kier molecular flexibility index (Phi) is 3.65. The molecule has 0 aliphatic rings. The van der Waals surface area contributed by atoms with Crippen molar-refractivity contribution in [2.24, 2.45) is 0 Å². The minimum atomic E-state index is -0.139. The van der Waals surface area contributed by atoms with Gasteiger partial charge in [0.1, 0.15) is 0 Å². The van der Waals surface area contributed by atoms with Crippen LogP contribution in [0.4, 0.5) is 0 Å². The SMILES string of the molecule is O=C(NC=Cc1ccccc1)c1ccncc1. The first kappa shape index (κ1) is 11.1. The van der Waals surface area contributed by atoms with Crippen LogP contribution in [0.25, 0.3) is 6.08 Å². The van der Waals surface area contributed by atoms with Gasteiger partial charge in [0.25, 0.3) is 5.91 Å². The predicted octanol–water partition coefficient (Wildman–Crippen LogP) is 2.48. The molecule has 0 unspecified atom stereocenters. The molecule has 1 amide bonds. The van der Waals surface area contributed by atoms with E-state index in [1.54, 1.807) is 30.7 Å². The number of benzene rings is 1. The lowest BCUT2D eigenvalue weighted by Gasteiger charge is -1.98. The Bertz CT molecular complexity index is 506. The molecule has 1 heterocycles. The van der Waals surface area contributed by atoms with E-state index >= 15 is 0 Å². The Morgan fingerprint density at radius 1 is 1.06 bits per heavy atom. The van der Waals surface area contributed by atoms with Gasteiger partial charge in [0, 0.05) is 24.2 Å². The van der Waals surface area contributed by atoms with E-state index in [4.69, 9.17) is 0 Å². The van der Waals surface area contributed by atoms with Crippen molar-refractivity contribution in [3.05, 3.63) is 72.2 Å². The topological polar surface area (TPSA) is 42.0 Å². The van der Waals surface area contributed by atoms with Gasteiger partial charge >= 0.3 is 0 Å². The van der Waals surface area contributed by atoms with Gasteiger partial charge in [-0.15, -0.1) is 0 Å². The van der Waals surface area contributed by atoms with Gasteiger partial charge in [0.2, 0.25) is 0 Å². The number of carbonyl (C=O) groups is 1. The highest BCUT2D eigenvalue weighted by atomic mass is 16.1. The number of hydrogen-bond acceptors (Lipinski definition) is 2. The number of hydrogen-bond donors (Lipinski definition) is 1. The highest BCUT2D eigenvalue weighted by Crippen LogP contribution is 2.00. The normalized spacial score (nSPS) is 10.4. The van der Waals surface area contributed by atoms with Gasteiger partial charge in [0.15, 0.2) is 0 Å². The minimum Gasteiger partial charge on any atom is -0.329 e. The average Bonchev–Trinajstić information content (AvgIpc) is 2.41. The average molecular weight is 224 g/mol. The van der Waals surface area contributed by atoms with Gasteiger partial charge < -0.3 is 5.32 Å². The molecule has 84 valence electrons. The molecule has 0 saturated heterocycles. The molecule has 0 aliphatic carbocycles. The quantitative estimate of drug-likeness (QED) is 0.870. The van der Waals surface area contributed by atoms with E-state index in [0.717, 1.165) is 5.56 Å². The Morgan fingerprint density at radius 2 is 1.76 bits per heavy atom. The van der Waals surface area contributed by atoms with Crippen LogP contribution in [-0.2, 0) is 0 Å². The first-order valence-corrected chi connectivity index (χ1v) is 5.29. The summed E-state index contributed by atoms with van der Waals surface area (Å²) in [4.78, 5) is 15.5. The molecular formula is C14H12N2O. The first-order chi connectivity index (χ1) is 8.36. The smallest absolute Gasteiger partial charge is 0.255 e.